The molecule has 0 radical (unpaired) electrons. The molecular weight excluding hydrogens is 314 g/mol. The number of nitrogens with zero attached hydrogens (tertiary/aromatic N) is 3. The molecule has 6 nitrogen and oxygen atoms in total. The molecule has 0 saturated heterocycles. The van der Waals surface area contributed by atoms with Crippen molar-refractivity contribution in [2.24, 2.45) is 0 Å². The van der Waals surface area contributed by atoms with Crippen LogP contribution in [-0.4, -0.2) is 35.0 Å². The van der Waals surface area contributed by atoms with Crippen molar-refractivity contribution in [2.45, 2.75) is 25.2 Å². The fraction of sp³-hybridized carbons (Fsp3) is 0.316. The minimum atomic E-state index is -0.0526. The number of hydrogen-bond acceptors (Lipinski definition) is 4. The van der Waals surface area contributed by atoms with Crippen LogP contribution in [0.3, 0.4) is 0 Å². The van der Waals surface area contributed by atoms with Crippen molar-refractivity contribution in [3.05, 3.63) is 48.0 Å². The van der Waals surface area contributed by atoms with Gasteiger partial charge in [0.2, 0.25) is 5.91 Å². The van der Waals surface area contributed by atoms with Gasteiger partial charge in [-0.1, -0.05) is 0 Å². The third kappa shape index (κ3) is 3.47. The highest BCUT2D eigenvalue weighted by Gasteiger charge is 2.26. The van der Waals surface area contributed by atoms with Crippen LogP contribution < -0.4 is 10.2 Å². The molecule has 1 amide bonds. The number of nitrogens with one attached hydrogen (secondary N) is 2. The summed E-state index contributed by atoms with van der Waals surface area (Å²) in [5.74, 6) is 2.44. The molecule has 2 N–H and O–H groups in total. The Morgan fingerprint density at radius 3 is 2.88 bits per heavy atom. The van der Waals surface area contributed by atoms with Gasteiger partial charge in [-0.25, -0.2) is 9.97 Å². The maximum Gasteiger partial charge on any atom is 0.230 e. The number of carbonyl (C=O) groups excluding carboxylic acids is 1. The molecule has 1 fully saturated rings. The highest BCUT2D eigenvalue weighted by Crippen LogP contribution is 2.38. The molecule has 1 aliphatic carbocycles. The Labute approximate surface area is 146 Å². The largest absolute Gasteiger partial charge is 0.363 e. The zero-order valence-electron chi connectivity index (χ0n) is 14.4. The Balaban J connectivity index is 1.45. The van der Waals surface area contributed by atoms with Gasteiger partial charge in [0.05, 0.1) is 11.9 Å². The quantitative estimate of drug-likeness (QED) is 0.751. The number of aromatic nitrogens is 3. The molecular formula is C19H21N5O. The number of imidazole rings is 1. The zero-order valence-corrected chi connectivity index (χ0v) is 14.4. The predicted molar refractivity (Wildman–Crippen MR) is 99.0 cm³/mol. The lowest BCUT2D eigenvalue weighted by atomic mass is 10.2. The molecule has 0 bridgehead atoms. The lowest BCUT2D eigenvalue weighted by molar-refractivity contribution is -0.115. The molecule has 1 saturated carbocycles. The highest BCUT2D eigenvalue weighted by molar-refractivity contribution is 5.94. The number of rotatable bonds is 5. The number of hydrogen-bond donors (Lipinski definition) is 2. The molecule has 1 aliphatic rings. The molecule has 25 heavy (non-hydrogen) atoms. The van der Waals surface area contributed by atoms with Crippen molar-refractivity contribution in [2.75, 3.05) is 24.3 Å². The van der Waals surface area contributed by atoms with Crippen LogP contribution in [0.15, 0.2) is 36.5 Å². The molecule has 2 aromatic heterocycles. The van der Waals surface area contributed by atoms with Crippen LogP contribution in [0.25, 0.3) is 10.9 Å². The Hall–Kier alpha value is -2.89. The molecule has 0 unspecified atom stereocenters. The van der Waals surface area contributed by atoms with Crippen LogP contribution in [0.2, 0.25) is 0 Å². The highest BCUT2D eigenvalue weighted by atomic mass is 16.1. The van der Waals surface area contributed by atoms with Crippen LogP contribution in [0.4, 0.5) is 11.5 Å². The summed E-state index contributed by atoms with van der Waals surface area (Å²) in [5, 5.41) is 3.95. The molecule has 0 atom stereocenters. The third-order valence-electron chi connectivity index (χ3n) is 4.38. The van der Waals surface area contributed by atoms with E-state index in [0.717, 1.165) is 33.9 Å². The van der Waals surface area contributed by atoms with Crippen molar-refractivity contribution in [1.82, 2.24) is 15.0 Å². The van der Waals surface area contributed by atoms with Crippen molar-refractivity contribution >= 4 is 28.3 Å². The first-order valence-corrected chi connectivity index (χ1v) is 8.50. The molecule has 1 aromatic carbocycles. The fourth-order valence-corrected chi connectivity index (χ4v) is 2.85. The molecule has 3 aromatic rings. The van der Waals surface area contributed by atoms with Gasteiger partial charge in [0.25, 0.3) is 0 Å². The van der Waals surface area contributed by atoms with Gasteiger partial charge in [-0.05, 0) is 43.2 Å². The molecule has 128 valence electrons. The topological polar surface area (TPSA) is 73.9 Å². The molecule has 6 heteroatoms. The maximum atomic E-state index is 12.3. The first kappa shape index (κ1) is 15.6. The van der Waals surface area contributed by atoms with E-state index in [0.29, 0.717) is 12.3 Å². The number of H-pyrrole nitrogens is 1. The van der Waals surface area contributed by atoms with E-state index in [1.165, 1.54) is 12.8 Å². The van der Waals surface area contributed by atoms with E-state index in [9.17, 15) is 4.79 Å². The van der Waals surface area contributed by atoms with Crippen LogP contribution in [0.5, 0.6) is 0 Å². The van der Waals surface area contributed by atoms with Crippen LogP contribution in [-0.2, 0) is 11.2 Å². The number of amides is 1. The molecule has 0 aliphatic heterocycles. The van der Waals surface area contributed by atoms with E-state index in [2.05, 4.69) is 20.3 Å². The van der Waals surface area contributed by atoms with E-state index in [1.807, 2.05) is 49.3 Å². The van der Waals surface area contributed by atoms with Gasteiger partial charge >= 0.3 is 0 Å². The summed E-state index contributed by atoms with van der Waals surface area (Å²) in [5.41, 5.74) is 2.54. The van der Waals surface area contributed by atoms with E-state index in [4.69, 9.17) is 0 Å². The molecule has 4 rings (SSSR count). The zero-order chi connectivity index (χ0) is 17.4. The number of benzene rings is 1. The van der Waals surface area contributed by atoms with E-state index in [-0.39, 0.29) is 5.91 Å². The summed E-state index contributed by atoms with van der Waals surface area (Å²) in [6.45, 7) is 0. The van der Waals surface area contributed by atoms with Crippen LogP contribution in [0, 0.1) is 0 Å². The number of fused-ring (bicyclic) bond motifs is 1. The van der Waals surface area contributed by atoms with Gasteiger partial charge in [-0.15, -0.1) is 0 Å². The maximum absolute atomic E-state index is 12.3. The minimum Gasteiger partial charge on any atom is -0.363 e. The van der Waals surface area contributed by atoms with Gasteiger partial charge in [0.15, 0.2) is 0 Å². The van der Waals surface area contributed by atoms with Crippen LogP contribution in [0.1, 0.15) is 30.3 Å². The van der Waals surface area contributed by atoms with Gasteiger partial charge in [0, 0.05) is 43.0 Å². The lowest BCUT2D eigenvalue weighted by Crippen LogP contribution is -2.14. The van der Waals surface area contributed by atoms with Crippen molar-refractivity contribution < 1.29 is 4.79 Å². The number of carbonyl (C=O) groups is 1. The summed E-state index contributed by atoms with van der Waals surface area (Å²) in [6.07, 6.45) is 4.45. The summed E-state index contributed by atoms with van der Waals surface area (Å²) < 4.78 is 0. The smallest absolute Gasteiger partial charge is 0.230 e. The second-order valence-electron chi connectivity index (χ2n) is 6.76. The second-order valence-corrected chi connectivity index (χ2v) is 6.76. The van der Waals surface area contributed by atoms with Gasteiger partial charge < -0.3 is 15.2 Å². The van der Waals surface area contributed by atoms with Gasteiger partial charge in [-0.3, -0.25) is 4.79 Å². The lowest BCUT2D eigenvalue weighted by Gasteiger charge is -2.12. The van der Waals surface area contributed by atoms with Crippen molar-refractivity contribution in [3.8, 4) is 0 Å². The Bertz CT molecular complexity index is 926. The summed E-state index contributed by atoms with van der Waals surface area (Å²) in [6, 6.07) is 9.75. The first-order chi connectivity index (χ1) is 12.1. The summed E-state index contributed by atoms with van der Waals surface area (Å²) >= 11 is 0. The van der Waals surface area contributed by atoms with Gasteiger partial charge in [0.1, 0.15) is 11.6 Å². The normalized spacial score (nSPS) is 13.8. The number of pyridine rings is 1. The monoisotopic (exact) mass is 335 g/mol. The van der Waals surface area contributed by atoms with E-state index in [1.54, 1.807) is 6.20 Å². The summed E-state index contributed by atoms with van der Waals surface area (Å²) in [4.78, 5) is 26.4. The molecule has 0 spiro atoms. The van der Waals surface area contributed by atoms with Gasteiger partial charge in [-0.2, -0.15) is 0 Å². The minimum absolute atomic E-state index is 0.0526. The SMILES string of the molecule is CN(C)c1ccc2cc(NC(=O)Cc3cnc(C4CC4)[nH]3)ccc2n1. The van der Waals surface area contributed by atoms with Crippen molar-refractivity contribution in [1.29, 1.82) is 0 Å². The fourth-order valence-electron chi connectivity index (χ4n) is 2.85. The number of aromatic amines is 1. The predicted octanol–water partition coefficient (Wildman–Crippen LogP) is 3.08. The first-order valence-electron chi connectivity index (χ1n) is 8.50. The van der Waals surface area contributed by atoms with E-state index < -0.39 is 0 Å². The number of anilines is 2. The standard InChI is InChI=1S/C19H21N5O/c1-24(2)17-8-5-13-9-14(6-7-16(13)23-17)21-18(25)10-15-11-20-19(22-15)12-3-4-12/h5-9,11-12H,3-4,10H2,1-2H3,(H,20,22)(H,21,25). The Morgan fingerprint density at radius 2 is 2.12 bits per heavy atom. The van der Waals surface area contributed by atoms with E-state index >= 15 is 0 Å². The molecule has 2 heterocycles. The second kappa shape index (κ2) is 6.20. The van der Waals surface area contributed by atoms with Crippen molar-refractivity contribution in [3.63, 3.8) is 0 Å². The Kier molecular flexibility index (Phi) is 3.87. The Morgan fingerprint density at radius 1 is 1.28 bits per heavy atom. The average Bonchev–Trinajstić information content (AvgIpc) is 3.34. The van der Waals surface area contributed by atoms with Crippen LogP contribution >= 0.6 is 0 Å². The third-order valence-corrected chi connectivity index (χ3v) is 4.38. The average molecular weight is 335 g/mol. The summed E-state index contributed by atoms with van der Waals surface area (Å²) in [7, 11) is 3.93.